The molecule has 0 spiro atoms. The van der Waals surface area contributed by atoms with Crippen molar-refractivity contribution in [2.45, 2.75) is 13.8 Å². The number of carbonyl (C=O) groups excluding carboxylic acids is 1. The van der Waals surface area contributed by atoms with Gasteiger partial charge < -0.3 is 10.2 Å². The number of nitrogens with one attached hydrogen (secondary N) is 1. The normalized spacial score (nSPS) is 15.6. The zero-order chi connectivity index (χ0) is 19.6. The minimum Gasteiger partial charge on any atom is -0.378 e. The highest BCUT2D eigenvalue weighted by atomic mass is 32.2. The lowest BCUT2D eigenvalue weighted by atomic mass is 10.1. The molecule has 3 rings (SSSR count). The molecule has 1 heterocycles. The molecule has 2 aromatic carbocycles. The molecule has 0 saturated carbocycles. The van der Waals surface area contributed by atoms with Crippen LogP contribution in [0.25, 0.3) is 6.08 Å². The number of anilines is 2. The van der Waals surface area contributed by atoms with Gasteiger partial charge in [-0.2, -0.15) is 0 Å². The fraction of sp³-hybridized carbons (Fsp3) is 0.238. The Morgan fingerprint density at radius 1 is 1.11 bits per heavy atom. The first-order chi connectivity index (χ1) is 12.8. The van der Waals surface area contributed by atoms with Crippen molar-refractivity contribution in [2.75, 3.05) is 31.0 Å². The van der Waals surface area contributed by atoms with Gasteiger partial charge in [0.2, 0.25) is 0 Å². The molecule has 1 saturated heterocycles. The molecule has 2 aromatic rings. The van der Waals surface area contributed by atoms with Crippen molar-refractivity contribution in [3.8, 4) is 0 Å². The van der Waals surface area contributed by atoms with E-state index < -0.39 is 0 Å². The van der Waals surface area contributed by atoms with E-state index in [9.17, 15) is 4.79 Å². The van der Waals surface area contributed by atoms with E-state index in [-0.39, 0.29) is 5.91 Å². The van der Waals surface area contributed by atoms with E-state index in [1.807, 2.05) is 55.4 Å². The van der Waals surface area contributed by atoms with Crippen LogP contribution in [0.2, 0.25) is 0 Å². The Morgan fingerprint density at radius 3 is 2.44 bits per heavy atom. The Balaban J connectivity index is 1.69. The topological polar surface area (TPSA) is 35.6 Å². The number of rotatable bonds is 5. The van der Waals surface area contributed by atoms with Crippen molar-refractivity contribution in [3.05, 3.63) is 64.1 Å². The maximum Gasteiger partial charge on any atom is 0.267 e. The largest absolute Gasteiger partial charge is 0.378 e. The molecule has 4 nitrogen and oxygen atoms in total. The van der Waals surface area contributed by atoms with Gasteiger partial charge in [-0.15, -0.1) is 0 Å². The van der Waals surface area contributed by atoms with E-state index >= 15 is 0 Å². The number of benzene rings is 2. The molecule has 1 fully saturated rings. The zero-order valence-corrected chi connectivity index (χ0v) is 17.6. The fourth-order valence-electron chi connectivity index (χ4n) is 2.68. The van der Waals surface area contributed by atoms with Crippen molar-refractivity contribution >= 4 is 51.7 Å². The van der Waals surface area contributed by atoms with Crippen molar-refractivity contribution in [3.63, 3.8) is 0 Å². The molecule has 1 aliphatic heterocycles. The van der Waals surface area contributed by atoms with Crippen LogP contribution in [0.3, 0.4) is 0 Å². The van der Waals surface area contributed by atoms with Crippen LogP contribution >= 0.6 is 24.0 Å². The van der Waals surface area contributed by atoms with Crippen LogP contribution < -0.4 is 10.2 Å². The molecule has 0 bridgehead atoms. The van der Waals surface area contributed by atoms with Crippen molar-refractivity contribution in [2.24, 2.45) is 0 Å². The Morgan fingerprint density at radius 2 is 1.81 bits per heavy atom. The molecular formula is C21H23N3OS2. The van der Waals surface area contributed by atoms with E-state index in [4.69, 9.17) is 12.2 Å². The van der Waals surface area contributed by atoms with Gasteiger partial charge in [0.05, 0.1) is 11.6 Å². The van der Waals surface area contributed by atoms with E-state index in [1.54, 1.807) is 4.90 Å². The summed E-state index contributed by atoms with van der Waals surface area (Å²) in [5.41, 5.74) is 5.55. The summed E-state index contributed by atoms with van der Waals surface area (Å²) in [4.78, 5) is 17.0. The molecular weight excluding hydrogens is 374 g/mol. The fourth-order valence-corrected chi connectivity index (χ4v) is 3.93. The minimum atomic E-state index is -0.0574. The minimum absolute atomic E-state index is 0.0574. The first-order valence-corrected chi connectivity index (χ1v) is 9.91. The SMILES string of the molecule is Cc1ccc(NCN2C(=O)/C(=C\c3ccc(N(C)C)cc3)SC2=S)cc1C. The molecule has 0 unspecified atom stereocenters. The van der Waals surface area contributed by atoms with E-state index in [1.165, 1.54) is 22.9 Å². The van der Waals surface area contributed by atoms with E-state index in [0.717, 1.165) is 16.9 Å². The van der Waals surface area contributed by atoms with Crippen LogP contribution in [0.1, 0.15) is 16.7 Å². The Labute approximate surface area is 170 Å². The highest BCUT2D eigenvalue weighted by molar-refractivity contribution is 8.26. The Bertz CT molecular complexity index is 904. The lowest BCUT2D eigenvalue weighted by Gasteiger charge is -2.16. The Kier molecular flexibility index (Phi) is 5.87. The third-order valence-corrected chi connectivity index (χ3v) is 5.91. The Hall–Kier alpha value is -2.31. The van der Waals surface area contributed by atoms with Gasteiger partial charge in [-0.1, -0.05) is 42.2 Å². The summed E-state index contributed by atoms with van der Waals surface area (Å²) in [5.74, 6) is -0.0574. The van der Waals surface area contributed by atoms with Crippen LogP contribution in [0.4, 0.5) is 11.4 Å². The monoisotopic (exact) mass is 397 g/mol. The third-order valence-electron chi connectivity index (χ3n) is 4.53. The molecule has 0 radical (unpaired) electrons. The van der Waals surface area contributed by atoms with Crippen LogP contribution in [-0.4, -0.2) is 35.9 Å². The summed E-state index contributed by atoms with van der Waals surface area (Å²) in [7, 11) is 4.01. The number of thioether (sulfide) groups is 1. The molecule has 6 heteroatoms. The molecule has 27 heavy (non-hydrogen) atoms. The predicted molar refractivity (Wildman–Crippen MR) is 120 cm³/mol. The summed E-state index contributed by atoms with van der Waals surface area (Å²) in [6.07, 6.45) is 1.90. The average Bonchev–Trinajstić information content (AvgIpc) is 2.90. The maximum atomic E-state index is 12.7. The second-order valence-electron chi connectivity index (χ2n) is 6.73. The van der Waals surface area contributed by atoms with Gasteiger partial charge in [-0.05, 0) is 60.9 Å². The third kappa shape index (κ3) is 4.51. The van der Waals surface area contributed by atoms with Gasteiger partial charge in [-0.25, -0.2) is 0 Å². The molecule has 1 aliphatic rings. The second-order valence-corrected chi connectivity index (χ2v) is 8.41. The standard InChI is InChI=1S/C21H23N3OS2/c1-14-5-8-17(11-15(14)2)22-13-24-20(25)19(27-21(24)26)12-16-6-9-18(10-7-16)23(3)4/h5-12,22H,13H2,1-4H3/b19-12+. The van der Waals surface area contributed by atoms with Crippen molar-refractivity contribution in [1.82, 2.24) is 4.90 Å². The number of hydrogen-bond acceptors (Lipinski definition) is 5. The first-order valence-electron chi connectivity index (χ1n) is 8.69. The van der Waals surface area contributed by atoms with Crippen LogP contribution in [0.15, 0.2) is 47.4 Å². The van der Waals surface area contributed by atoms with Crippen molar-refractivity contribution < 1.29 is 4.79 Å². The summed E-state index contributed by atoms with van der Waals surface area (Å²) >= 11 is 6.75. The van der Waals surface area contributed by atoms with Crippen molar-refractivity contribution in [1.29, 1.82) is 0 Å². The number of hydrogen-bond donors (Lipinski definition) is 1. The lowest BCUT2D eigenvalue weighted by Crippen LogP contribution is -2.33. The van der Waals surface area contributed by atoms with Gasteiger partial charge in [-0.3, -0.25) is 9.69 Å². The smallest absolute Gasteiger partial charge is 0.267 e. The molecule has 0 atom stereocenters. The van der Waals surface area contributed by atoms with Gasteiger partial charge in [0, 0.05) is 25.5 Å². The van der Waals surface area contributed by atoms with Gasteiger partial charge in [0.15, 0.2) is 0 Å². The van der Waals surface area contributed by atoms with E-state index in [0.29, 0.717) is 15.9 Å². The quantitative estimate of drug-likeness (QED) is 0.587. The number of aryl methyl sites for hydroxylation is 2. The predicted octanol–water partition coefficient (Wildman–Crippen LogP) is 4.64. The second kappa shape index (κ2) is 8.15. The molecule has 0 aliphatic carbocycles. The molecule has 0 aromatic heterocycles. The average molecular weight is 398 g/mol. The van der Waals surface area contributed by atoms with Gasteiger partial charge in [0.1, 0.15) is 4.32 Å². The van der Waals surface area contributed by atoms with E-state index in [2.05, 4.69) is 31.3 Å². The first kappa shape index (κ1) is 19.5. The number of carbonyl (C=O) groups is 1. The van der Waals surface area contributed by atoms with Crippen LogP contribution in [-0.2, 0) is 4.79 Å². The summed E-state index contributed by atoms with van der Waals surface area (Å²) in [6, 6.07) is 14.3. The van der Waals surface area contributed by atoms with Gasteiger partial charge in [0.25, 0.3) is 5.91 Å². The number of nitrogens with zero attached hydrogens (tertiary/aromatic N) is 2. The number of amides is 1. The highest BCUT2D eigenvalue weighted by Gasteiger charge is 2.31. The number of thiocarbonyl (C=S) groups is 1. The summed E-state index contributed by atoms with van der Waals surface area (Å²) < 4.78 is 0.576. The zero-order valence-electron chi connectivity index (χ0n) is 15.9. The molecule has 1 amide bonds. The summed E-state index contributed by atoms with van der Waals surface area (Å²) in [6.45, 7) is 4.52. The maximum absolute atomic E-state index is 12.7. The van der Waals surface area contributed by atoms with Crippen LogP contribution in [0, 0.1) is 13.8 Å². The molecule has 140 valence electrons. The van der Waals surface area contributed by atoms with Gasteiger partial charge >= 0.3 is 0 Å². The lowest BCUT2D eigenvalue weighted by molar-refractivity contribution is -0.121. The highest BCUT2D eigenvalue weighted by Crippen LogP contribution is 2.32. The summed E-state index contributed by atoms with van der Waals surface area (Å²) in [5, 5.41) is 3.29. The van der Waals surface area contributed by atoms with Crippen LogP contribution in [0.5, 0.6) is 0 Å². The molecule has 1 N–H and O–H groups in total.